The third-order valence-electron chi connectivity index (χ3n) is 8.76. The van der Waals surface area contributed by atoms with Crippen LogP contribution in [-0.4, -0.2) is 95.9 Å². The molecule has 0 saturated carbocycles. The number of amidine groups is 1. The van der Waals surface area contributed by atoms with E-state index in [1.165, 1.54) is 24.3 Å². The van der Waals surface area contributed by atoms with Crippen LogP contribution in [0, 0.1) is 12.3 Å². The lowest BCUT2D eigenvalue weighted by Crippen LogP contribution is -2.50. The number of fused-ring (bicyclic) bond motifs is 1. The number of carbonyl (C=O) groups is 3. The number of alkyl halides is 2. The molecule has 14 heteroatoms. The van der Waals surface area contributed by atoms with E-state index in [9.17, 15) is 14.4 Å². The normalized spacial score (nSPS) is 22.5. The fourth-order valence-corrected chi connectivity index (χ4v) is 7.33. The maximum atomic E-state index is 15.9. The first-order chi connectivity index (χ1) is 22.8. The Morgan fingerprint density at radius 2 is 2.00 bits per heavy atom. The van der Waals surface area contributed by atoms with Gasteiger partial charge in [0.2, 0.25) is 0 Å². The van der Waals surface area contributed by atoms with Crippen molar-refractivity contribution in [3.05, 3.63) is 69.8 Å². The Bertz CT molecular complexity index is 1630. The highest BCUT2D eigenvalue weighted by Crippen LogP contribution is 2.44. The molecule has 0 amide bonds. The molecule has 11 nitrogen and oxygen atoms in total. The maximum Gasteiger partial charge on any atom is 0.338 e. The first-order valence-electron chi connectivity index (χ1n) is 15.8. The van der Waals surface area contributed by atoms with Crippen LogP contribution in [0.3, 0.4) is 0 Å². The van der Waals surface area contributed by atoms with Crippen molar-refractivity contribution >= 4 is 35.1 Å². The number of aliphatic imine (C=N–C) groups is 1. The number of hydrogen-bond acceptors (Lipinski definition) is 12. The summed E-state index contributed by atoms with van der Waals surface area (Å²) in [4.78, 5) is 51.0. The minimum absolute atomic E-state index is 0.0207. The molecule has 5 rings (SSSR count). The molecule has 1 unspecified atom stereocenters. The number of thiazole rings is 1. The number of rotatable bonds is 12. The van der Waals surface area contributed by atoms with E-state index in [2.05, 4.69) is 16.9 Å². The summed E-state index contributed by atoms with van der Waals surface area (Å²) >= 11 is 1.34. The molecule has 0 bridgehead atoms. The predicted molar refractivity (Wildman–Crippen MR) is 176 cm³/mol. The van der Waals surface area contributed by atoms with Crippen molar-refractivity contribution in [1.82, 2.24) is 20.1 Å². The van der Waals surface area contributed by atoms with Gasteiger partial charge in [-0.3, -0.25) is 24.4 Å². The van der Waals surface area contributed by atoms with Crippen LogP contribution < -0.4 is 10.1 Å². The van der Waals surface area contributed by atoms with Crippen molar-refractivity contribution in [2.45, 2.75) is 65.1 Å². The molecule has 4 heterocycles. The number of nitrogens with one attached hydrogen (secondary N) is 1. The minimum Gasteiger partial charge on any atom is -0.463 e. The molecule has 2 aromatic rings. The van der Waals surface area contributed by atoms with Gasteiger partial charge in [0.05, 0.1) is 30.2 Å². The first-order valence-corrected chi connectivity index (χ1v) is 16.7. The molecule has 0 radical (unpaired) electrons. The summed E-state index contributed by atoms with van der Waals surface area (Å²) < 4.78 is 48.1. The molecular formula is C34H41F2N5O6S. The second-order valence-corrected chi connectivity index (χ2v) is 13.6. The van der Waals surface area contributed by atoms with Gasteiger partial charge in [0.1, 0.15) is 18.4 Å². The Morgan fingerprint density at radius 1 is 1.23 bits per heavy atom. The molecule has 0 aliphatic carbocycles. The Kier molecular flexibility index (Phi) is 10.5. The van der Waals surface area contributed by atoms with Gasteiger partial charge in [-0.1, -0.05) is 24.8 Å². The lowest BCUT2D eigenvalue weighted by Gasteiger charge is -2.34. The Labute approximate surface area is 282 Å². The summed E-state index contributed by atoms with van der Waals surface area (Å²) in [5.74, 6) is -4.01. The molecule has 48 heavy (non-hydrogen) atoms. The lowest BCUT2D eigenvalue weighted by molar-refractivity contribution is -0.155. The van der Waals surface area contributed by atoms with Crippen molar-refractivity contribution in [1.29, 1.82) is 0 Å². The van der Waals surface area contributed by atoms with Gasteiger partial charge >= 0.3 is 17.9 Å². The van der Waals surface area contributed by atoms with Crippen molar-refractivity contribution in [3.8, 4) is 5.75 Å². The van der Waals surface area contributed by atoms with E-state index in [0.717, 1.165) is 0 Å². The van der Waals surface area contributed by atoms with Gasteiger partial charge in [-0.25, -0.2) is 18.6 Å². The largest absolute Gasteiger partial charge is 0.463 e. The number of likely N-dealkylation sites (tertiary alicyclic amines) is 2. The quantitative estimate of drug-likeness (QED) is 0.195. The van der Waals surface area contributed by atoms with Gasteiger partial charge in [-0.15, -0.1) is 11.3 Å². The van der Waals surface area contributed by atoms with Crippen molar-refractivity contribution < 1.29 is 37.4 Å². The van der Waals surface area contributed by atoms with Crippen molar-refractivity contribution in [3.63, 3.8) is 0 Å². The minimum atomic E-state index is -3.10. The predicted octanol–water partition coefficient (Wildman–Crippen LogP) is 4.43. The lowest BCUT2D eigenvalue weighted by atomic mass is 9.91. The van der Waals surface area contributed by atoms with Gasteiger partial charge < -0.3 is 19.5 Å². The fraction of sp³-hybridized carbons (Fsp3) is 0.500. The van der Waals surface area contributed by atoms with Crippen LogP contribution in [0.15, 0.2) is 58.7 Å². The van der Waals surface area contributed by atoms with E-state index in [-0.39, 0.29) is 31.9 Å². The molecule has 1 aromatic heterocycles. The van der Waals surface area contributed by atoms with Crippen LogP contribution >= 0.6 is 11.3 Å². The summed E-state index contributed by atoms with van der Waals surface area (Å²) in [5.41, 5.74) is 0.715. The van der Waals surface area contributed by atoms with Crippen LogP contribution in [0.25, 0.3) is 0 Å². The second-order valence-electron chi connectivity index (χ2n) is 12.7. The molecule has 1 aromatic carbocycles. The van der Waals surface area contributed by atoms with Crippen molar-refractivity contribution in [2.24, 2.45) is 10.4 Å². The number of nitrogens with zero attached hydrogens (tertiary/aromatic N) is 4. The van der Waals surface area contributed by atoms with Crippen LogP contribution in [0.5, 0.6) is 5.75 Å². The van der Waals surface area contributed by atoms with Gasteiger partial charge in [0.25, 0.3) is 5.92 Å². The average Bonchev–Trinajstić information content (AvgIpc) is 3.76. The van der Waals surface area contributed by atoms with E-state index in [4.69, 9.17) is 19.2 Å². The van der Waals surface area contributed by atoms with E-state index >= 15 is 8.78 Å². The summed E-state index contributed by atoms with van der Waals surface area (Å²) in [5, 5.41) is 5.59. The molecule has 3 aliphatic heterocycles. The van der Waals surface area contributed by atoms with Crippen LogP contribution in [0.2, 0.25) is 0 Å². The zero-order chi connectivity index (χ0) is 34.8. The van der Waals surface area contributed by atoms with E-state index in [1.54, 1.807) is 67.3 Å². The highest BCUT2D eigenvalue weighted by atomic mass is 32.1. The monoisotopic (exact) mass is 685 g/mol. The van der Waals surface area contributed by atoms with Gasteiger partial charge in [0, 0.05) is 49.9 Å². The molecular weight excluding hydrogens is 644 g/mol. The number of esters is 3. The number of carbonyl (C=O) groups excluding carboxylic acids is 3. The zero-order valence-corrected chi connectivity index (χ0v) is 28.6. The summed E-state index contributed by atoms with van der Waals surface area (Å²) in [6.45, 7) is 11.7. The topological polar surface area (TPSA) is 123 Å². The molecule has 3 aliphatic rings. The molecule has 3 atom stereocenters. The third kappa shape index (κ3) is 7.20. The molecule has 0 spiro atoms. The summed E-state index contributed by atoms with van der Waals surface area (Å²) in [6, 6.07) is 2.56. The highest BCUT2D eigenvalue weighted by molar-refractivity contribution is 7.11. The fourth-order valence-electron chi connectivity index (χ4n) is 6.74. The first kappa shape index (κ1) is 35.3. The second kappa shape index (κ2) is 14.2. The molecule has 2 saturated heterocycles. The Balaban J connectivity index is 1.52. The van der Waals surface area contributed by atoms with E-state index < -0.39 is 53.9 Å². The number of aromatic nitrogens is 1. The van der Waals surface area contributed by atoms with E-state index in [1.807, 2.05) is 0 Å². The number of ether oxygens (including phenoxy) is 3. The molecule has 2 fully saturated rings. The summed E-state index contributed by atoms with van der Waals surface area (Å²) in [6.07, 6.45) is 3.54. The zero-order valence-electron chi connectivity index (χ0n) is 27.8. The maximum absolute atomic E-state index is 15.9. The molecule has 1 N–H and O–H groups in total. The van der Waals surface area contributed by atoms with Crippen LogP contribution in [-0.2, 0) is 23.9 Å². The third-order valence-corrected chi connectivity index (χ3v) is 9.54. The van der Waals surface area contributed by atoms with Crippen LogP contribution in [0.4, 0.5) is 8.78 Å². The number of benzene rings is 1. The SMILES string of the molecule is C=CCOC(=O)C(C)(C)CN1CC[C@H]2[C@@H]1C(F)(F)CN2CC1=C(C(=O)OCC)C(c2cccc(OC(C)=O)c2C)N=C(c2nccs2)N1. The number of halogens is 2. The van der Waals surface area contributed by atoms with E-state index in [0.29, 0.717) is 46.4 Å². The Hall–Kier alpha value is -4.01. The molecule has 258 valence electrons. The summed E-state index contributed by atoms with van der Waals surface area (Å²) in [7, 11) is 0. The average molecular weight is 686 g/mol. The standard InChI is InChI=1S/C34H41F2N5O6S/c1-7-15-46-32(44)33(5,6)18-40-14-12-24-28(40)34(35,36)19-41(24)17-23-26(31(43)45-8-2)27(39-29(38-23)30-37-13-16-48-30)22-10-9-11-25(20(22)3)47-21(4)42/h7,9-11,13,16,24,27-28H,1,8,12,14-15,17-19H2,2-6H3,(H,38,39)/t24-,27?,28+/m0/s1. The Morgan fingerprint density at radius 3 is 2.67 bits per heavy atom. The van der Waals surface area contributed by atoms with Crippen LogP contribution in [0.1, 0.15) is 56.3 Å². The van der Waals surface area contributed by atoms with Gasteiger partial charge in [0.15, 0.2) is 10.8 Å². The van der Waals surface area contributed by atoms with Gasteiger partial charge in [-0.2, -0.15) is 0 Å². The van der Waals surface area contributed by atoms with Crippen molar-refractivity contribution in [2.75, 3.05) is 39.4 Å². The number of hydrogen-bond donors (Lipinski definition) is 1. The van der Waals surface area contributed by atoms with Gasteiger partial charge in [-0.05, 0) is 51.3 Å². The smallest absolute Gasteiger partial charge is 0.338 e. The highest BCUT2D eigenvalue weighted by Gasteiger charge is 2.60.